The Morgan fingerprint density at radius 1 is 1.25 bits per heavy atom. The smallest absolute Gasteiger partial charge is 0.344 e. The van der Waals surface area contributed by atoms with Gasteiger partial charge >= 0.3 is 11.9 Å². The van der Waals surface area contributed by atoms with E-state index in [2.05, 4.69) is 4.37 Å². The summed E-state index contributed by atoms with van der Waals surface area (Å²) < 4.78 is 79.3. The predicted molar refractivity (Wildman–Crippen MR) is 109 cm³/mol. The molecular formula is C18H16F3N3O6S2. The zero-order valence-electron chi connectivity index (χ0n) is 16.6. The van der Waals surface area contributed by atoms with E-state index in [1.54, 1.807) is 6.07 Å². The van der Waals surface area contributed by atoms with Crippen LogP contribution in [0.2, 0.25) is 0 Å². The fraction of sp³-hybridized carbons (Fsp3) is 0.389. The maximum atomic E-state index is 13.1. The van der Waals surface area contributed by atoms with E-state index < -0.39 is 45.4 Å². The molecule has 9 nitrogen and oxygen atoms in total. The van der Waals surface area contributed by atoms with Crippen molar-refractivity contribution in [3.05, 3.63) is 56.5 Å². The molecule has 32 heavy (non-hydrogen) atoms. The molecule has 1 aliphatic heterocycles. The minimum atomic E-state index is -4.86. The number of aromatic nitrogens is 3. The number of hydrogen-bond acceptors (Lipinski definition) is 8. The number of rotatable bonds is 4. The Labute approximate surface area is 182 Å². The highest BCUT2D eigenvalue weighted by molar-refractivity contribution is 7.90. The molecule has 2 unspecified atom stereocenters. The topological polar surface area (TPSA) is 109 Å². The second-order valence-corrected chi connectivity index (χ2v) is 10.3. The van der Waals surface area contributed by atoms with Gasteiger partial charge in [0.05, 0.1) is 28.9 Å². The normalized spacial score (nSPS) is 19.7. The summed E-state index contributed by atoms with van der Waals surface area (Å²) in [4.78, 5) is 24.9. The number of hydrogen-bond donors (Lipinski definition) is 0. The molecule has 0 spiro atoms. The van der Waals surface area contributed by atoms with Gasteiger partial charge in [0, 0.05) is 24.8 Å². The van der Waals surface area contributed by atoms with Gasteiger partial charge < -0.3 is 9.47 Å². The second kappa shape index (κ2) is 7.79. The Kier molecular flexibility index (Phi) is 5.51. The zero-order chi connectivity index (χ0) is 23.4. The molecule has 0 amide bonds. The van der Waals surface area contributed by atoms with Crippen molar-refractivity contribution in [2.24, 2.45) is 7.05 Å². The van der Waals surface area contributed by atoms with Gasteiger partial charge in [-0.2, -0.15) is 17.5 Å². The van der Waals surface area contributed by atoms with Crippen LogP contribution in [0.15, 0.2) is 33.9 Å². The number of ether oxygens (including phenoxy) is 2. The average molecular weight is 491 g/mol. The highest BCUT2D eigenvalue weighted by atomic mass is 32.2. The van der Waals surface area contributed by atoms with E-state index >= 15 is 0 Å². The lowest BCUT2D eigenvalue weighted by Gasteiger charge is -2.14. The molecule has 14 heteroatoms. The molecule has 3 aromatic rings. The minimum absolute atomic E-state index is 0.0371. The first-order valence-corrected chi connectivity index (χ1v) is 11.9. The van der Waals surface area contributed by atoms with E-state index in [1.807, 2.05) is 0 Å². The molecule has 2 aromatic heterocycles. The van der Waals surface area contributed by atoms with Crippen molar-refractivity contribution in [2.45, 2.75) is 18.6 Å². The van der Waals surface area contributed by atoms with Crippen molar-refractivity contribution >= 4 is 31.5 Å². The summed E-state index contributed by atoms with van der Waals surface area (Å²) in [7, 11) is -2.36. The van der Waals surface area contributed by atoms with Crippen molar-refractivity contribution in [3.63, 3.8) is 0 Å². The van der Waals surface area contributed by atoms with Crippen molar-refractivity contribution in [1.82, 2.24) is 13.5 Å². The monoisotopic (exact) mass is 491 g/mol. The standard InChI is InChI=1S/C18H16F3N3O6S2/c1-23-13(18(19,20)21)6-14(25)24(17(23)26)9-3-4-12-11(5-9)15(22-31-12)16-29-7-10(30-16)8-32(2,27)28/h3-6,10,16H,7-8H2,1-2H3. The van der Waals surface area contributed by atoms with Crippen LogP contribution in [0, 0.1) is 0 Å². The van der Waals surface area contributed by atoms with Crippen molar-refractivity contribution in [1.29, 1.82) is 0 Å². The average Bonchev–Trinajstić information content (AvgIpc) is 3.28. The summed E-state index contributed by atoms with van der Waals surface area (Å²) in [5, 5.41) is 0.464. The van der Waals surface area contributed by atoms with Crippen LogP contribution in [0.1, 0.15) is 17.7 Å². The minimum Gasteiger partial charge on any atom is -0.344 e. The number of nitrogens with zero attached hydrogens (tertiary/aromatic N) is 3. The SMILES string of the molecule is Cn1c(C(F)(F)F)cc(=O)n(-c2ccc3snc(C4OCC(CS(C)(=O)=O)O4)c3c2)c1=O. The summed E-state index contributed by atoms with van der Waals surface area (Å²) in [6, 6.07) is 4.78. The number of alkyl halides is 3. The lowest BCUT2D eigenvalue weighted by atomic mass is 10.2. The Morgan fingerprint density at radius 3 is 2.62 bits per heavy atom. The van der Waals surface area contributed by atoms with Gasteiger partial charge in [-0.3, -0.25) is 9.36 Å². The predicted octanol–water partition coefficient (Wildman–Crippen LogP) is 1.62. The lowest BCUT2D eigenvalue weighted by molar-refractivity contribution is -0.144. The van der Waals surface area contributed by atoms with E-state index in [1.165, 1.54) is 12.1 Å². The Hall–Kier alpha value is -2.55. The van der Waals surface area contributed by atoms with Gasteiger partial charge in [-0.05, 0) is 29.7 Å². The van der Waals surface area contributed by atoms with E-state index in [4.69, 9.17) is 9.47 Å². The maximum absolute atomic E-state index is 13.1. The summed E-state index contributed by atoms with van der Waals surface area (Å²) in [6.07, 6.45) is -5.42. The molecular weight excluding hydrogens is 475 g/mol. The van der Waals surface area contributed by atoms with Gasteiger partial charge in [-0.25, -0.2) is 17.8 Å². The number of fused-ring (bicyclic) bond motifs is 1. The highest BCUT2D eigenvalue weighted by Crippen LogP contribution is 2.35. The molecule has 0 bridgehead atoms. The van der Waals surface area contributed by atoms with Gasteiger partial charge in [-0.1, -0.05) is 0 Å². The molecule has 4 rings (SSSR count). The molecule has 0 radical (unpaired) electrons. The number of halogens is 3. The molecule has 0 saturated carbocycles. The van der Waals surface area contributed by atoms with Crippen LogP contribution in [0.4, 0.5) is 13.2 Å². The highest BCUT2D eigenvalue weighted by Gasteiger charge is 2.35. The van der Waals surface area contributed by atoms with Crippen LogP contribution < -0.4 is 11.2 Å². The van der Waals surface area contributed by atoms with Crippen LogP contribution in [0.25, 0.3) is 15.8 Å². The third-order valence-electron chi connectivity index (χ3n) is 4.81. The van der Waals surface area contributed by atoms with Gasteiger partial charge in [0.2, 0.25) is 6.29 Å². The molecule has 1 aromatic carbocycles. The summed E-state index contributed by atoms with van der Waals surface area (Å²) in [6.45, 7) is 0.0371. The largest absolute Gasteiger partial charge is 0.431 e. The first-order chi connectivity index (χ1) is 14.8. The molecule has 1 aliphatic rings. The number of benzene rings is 1. The van der Waals surface area contributed by atoms with E-state index in [0.29, 0.717) is 31.0 Å². The summed E-state index contributed by atoms with van der Waals surface area (Å²) >= 11 is 1.09. The molecule has 3 heterocycles. The van der Waals surface area contributed by atoms with Crippen LogP contribution >= 0.6 is 11.5 Å². The van der Waals surface area contributed by atoms with Crippen molar-refractivity contribution in [2.75, 3.05) is 18.6 Å². The van der Waals surface area contributed by atoms with Gasteiger partial charge in [-0.15, -0.1) is 0 Å². The molecule has 1 fully saturated rings. The van der Waals surface area contributed by atoms with Crippen LogP contribution in [-0.4, -0.2) is 46.6 Å². The second-order valence-electron chi connectivity index (χ2n) is 7.31. The molecule has 0 aliphatic carbocycles. The molecule has 172 valence electrons. The van der Waals surface area contributed by atoms with Crippen molar-refractivity contribution < 1.29 is 31.1 Å². The zero-order valence-corrected chi connectivity index (χ0v) is 18.3. The number of sulfone groups is 1. The molecule has 2 atom stereocenters. The first kappa shape index (κ1) is 22.6. The fourth-order valence-electron chi connectivity index (χ4n) is 3.41. The first-order valence-electron chi connectivity index (χ1n) is 9.10. The van der Waals surface area contributed by atoms with Gasteiger partial charge in [0.1, 0.15) is 21.2 Å². The van der Waals surface area contributed by atoms with E-state index in [-0.39, 0.29) is 18.0 Å². The maximum Gasteiger partial charge on any atom is 0.431 e. The van der Waals surface area contributed by atoms with E-state index in [9.17, 15) is 31.2 Å². The van der Waals surface area contributed by atoms with Crippen LogP contribution in [0.3, 0.4) is 0 Å². The molecule has 0 N–H and O–H groups in total. The molecule has 1 saturated heterocycles. The third-order valence-corrected chi connectivity index (χ3v) is 6.63. The third kappa shape index (κ3) is 4.22. The summed E-state index contributed by atoms with van der Waals surface area (Å²) in [5.41, 5.74) is -3.28. The van der Waals surface area contributed by atoms with Crippen molar-refractivity contribution in [3.8, 4) is 5.69 Å². The quantitative estimate of drug-likeness (QED) is 0.546. The lowest BCUT2D eigenvalue weighted by Crippen LogP contribution is -2.40. The summed E-state index contributed by atoms with van der Waals surface area (Å²) in [5.74, 6) is -0.228. The Bertz CT molecular complexity index is 1420. The van der Waals surface area contributed by atoms with Gasteiger partial charge in [0.15, 0.2) is 0 Å². The Morgan fingerprint density at radius 2 is 1.97 bits per heavy atom. The van der Waals surface area contributed by atoms with Gasteiger partial charge in [0.25, 0.3) is 5.56 Å². The van der Waals surface area contributed by atoms with E-state index in [0.717, 1.165) is 24.8 Å². The Balaban J connectivity index is 1.76. The van der Waals surface area contributed by atoms with Crippen LogP contribution in [-0.2, 0) is 32.5 Å². The van der Waals surface area contributed by atoms with Crippen LogP contribution in [0.5, 0.6) is 0 Å². The fourth-order valence-corrected chi connectivity index (χ4v) is 5.03.